The Balaban J connectivity index is 4.85. The Bertz CT molecular complexity index is 459. The summed E-state index contributed by atoms with van der Waals surface area (Å²) in [5.41, 5.74) is -0.776. The molecule has 0 aromatic rings. The van der Waals surface area contributed by atoms with Gasteiger partial charge in [0.2, 0.25) is 0 Å². The van der Waals surface area contributed by atoms with Crippen LogP contribution in [0.15, 0.2) is 4.99 Å². The number of ether oxygens (including phenoxy) is 2. The van der Waals surface area contributed by atoms with Crippen LogP contribution in [-0.4, -0.2) is 29.0 Å². The van der Waals surface area contributed by atoms with E-state index in [-0.39, 0.29) is 6.42 Å². The van der Waals surface area contributed by atoms with Crippen LogP contribution in [0.5, 0.6) is 0 Å². The van der Waals surface area contributed by atoms with Gasteiger partial charge in [-0.2, -0.15) is 4.99 Å². The number of hydrogen-bond donors (Lipinski definition) is 0. The number of hydrogen-bond acceptors (Lipinski definition) is 4. The van der Waals surface area contributed by atoms with Crippen LogP contribution in [0.1, 0.15) is 67.2 Å². The number of terminal acetylenes is 1. The topological polar surface area (TPSA) is 65.0 Å². The molecular weight excluding hydrogens is 282 g/mol. The number of aliphatic imine (C=N–C) groups is 1. The van der Waals surface area contributed by atoms with E-state index in [0.717, 1.165) is 0 Å². The van der Waals surface area contributed by atoms with Crippen molar-refractivity contribution in [2.24, 2.45) is 4.99 Å². The van der Waals surface area contributed by atoms with Crippen molar-refractivity contribution < 1.29 is 19.1 Å². The molecule has 0 saturated heterocycles. The van der Waals surface area contributed by atoms with Crippen molar-refractivity contribution >= 4 is 17.8 Å². The van der Waals surface area contributed by atoms with Crippen LogP contribution >= 0.6 is 0 Å². The second-order valence-corrected chi connectivity index (χ2v) is 6.98. The van der Waals surface area contributed by atoms with E-state index in [1.165, 1.54) is 0 Å². The lowest BCUT2D eigenvalue weighted by Crippen LogP contribution is -2.26. The molecule has 0 N–H and O–H groups in total. The Labute approximate surface area is 133 Å². The summed E-state index contributed by atoms with van der Waals surface area (Å²) in [5.74, 6) is 2.10. The largest absolute Gasteiger partial charge is 0.460 e. The average Bonchev–Trinajstić information content (AvgIpc) is 2.23. The first kappa shape index (κ1) is 20.2. The van der Waals surface area contributed by atoms with Gasteiger partial charge in [0.05, 0.1) is 6.42 Å². The third-order valence-electron chi connectivity index (χ3n) is 2.20. The van der Waals surface area contributed by atoms with Crippen LogP contribution in [-0.2, 0) is 14.3 Å². The summed E-state index contributed by atoms with van der Waals surface area (Å²) in [6, 6.07) is 0. The maximum absolute atomic E-state index is 11.9. The van der Waals surface area contributed by atoms with E-state index in [9.17, 15) is 9.59 Å². The molecule has 0 rings (SSSR count). The predicted molar refractivity (Wildman–Crippen MR) is 86.8 cm³/mol. The monoisotopic (exact) mass is 309 g/mol. The molecular formula is C17H27NO4. The number of nitrogens with zero attached hydrogens (tertiary/aromatic N) is 1. The molecule has 0 heterocycles. The number of carbonyl (C=O) groups excluding carboxylic acids is 2. The molecule has 0 aliphatic heterocycles. The summed E-state index contributed by atoms with van der Waals surface area (Å²) in [6.45, 7) is 10.6. The van der Waals surface area contributed by atoms with Gasteiger partial charge < -0.3 is 9.47 Å². The average molecular weight is 309 g/mol. The van der Waals surface area contributed by atoms with Crippen LogP contribution in [0.4, 0.5) is 4.79 Å². The van der Waals surface area contributed by atoms with Crippen LogP contribution in [0.2, 0.25) is 0 Å². The second-order valence-electron chi connectivity index (χ2n) is 6.98. The molecule has 5 heteroatoms. The van der Waals surface area contributed by atoms with E-state index < -0.39 is 23.3 Å². The Hall–Kier alpha value is -1.83. The van der Waals surface area contributed by atoms with Gasteiger partial charge in [0.25, 0.3) is 0 Å². The maximum Gasteiger partial charge on any atom is 0.434 e. The van der Waals surface area contributed by atoms with Crippen LogP contribution in [0, 0.1) is 12.3 Å². The van der Waals surface area contributed by atoms with E-state index in [1.807, 2.05) is 0 Å². The van der Waals surface area contributed by atoms with Gasteiger partial charge in [0, 0.05) is 12.1 Å². The zero-order chi connectivity index (χ0) is 17.4. The van der Waals surface area contributed by atoms with Crippen molar-refractivity contribution in [3.8, 4) is 12.3 Å². The van der Waals surface area contributed by atoms with Gasteiger partial charge in [0.1, 0.15) is 11.2 Å². The summed E-state index contributed by atoms with van der Waals surface area (Å²) in [7, 11) is 0. The molecule has 1 amide bonds. The highest BCUT2D eigenvalue weighted by Crippen LogP contribution is 2.12. The van der Waals surface area contributed by atoms with E-state index in [0.29, 0.717) is 25.0 Å². The van der Waals surface area contributed by atoms with Gasteiger partial charge in [-0.3, -0.25) is 4.79 Å². The first-order valence-corrected chi connectivity index (χ1v) is 7.37. The number of amides is 1. The predicted octanol–water partition coefficient (Wildman–Crippen LogP) is 3.90. The molecule has 0 radical (unpaired) electrons. The Kier molecular flexibility index (Phi) is 7.86. The molecule has 0 fully saturated rings. The van der Waals surface area contributed by atoms with Crippen molar-refractivity contribution in [3.05, 3.63) is 0 Å². The second kappa shape index (κ2) is 8.57. The van der Waals surface area contributed by atoms with E-state index >= 15 is 0 Å². The number of carbonyl (C=O) groups is 2. The molecule has 0 aromatic heterocycles. The highest BCUT2D eigenvalue weighted by atomic mass is 16.6. The van der Waals surface area contributed by atoms with E-state index in [4.69, 9.17) is 15.9 Å². The maximum atomic E-state index is 11.9. The number of esters is 1. The first-order chi connectivity index (χ1) is 9.93. The lowest BCUT2D eigenvalue weighted by Gasteiger charge is -2.20. The molecule has 0 aromatic carbocycles. The number of rotatable bonds is 5. The van der Waals surface area contributed by atoms with Gasteiger partial charge in [-0.25, -0.2) is 4.79 Å². The Morgan fingerprint density at radius 3 is 2.05 bits per heavy atom. The third kappa shape index (κ3) is 12.0. The molecule has 0 saturated carbocycles. The standard InChI is InChI=1S/C17H27NO4/c1-8-9-10-11-13(12-14(19)21-16(2,3)4)18-15(20)22-17(5,6)7/h1H,9-12H2,2-7H3. The summed E-state index contributed by atoms with van der Waals surface area (Å²) in [4.78, 5) is 27.5. The van der Waals surface area contributed by atoms with Crippen LogP contribution < -0.4 is 0 Å². The van der Waals surface area contributed by atoms with Gasteiger partial charge in [-0.15, -0.1) is 12.3 Å². The normalized spacial score (nSPS) is 12.5. The summed E-state index contributed by atoms with van der Waals surface area (Å²) < 4.78 is 10.4. The molecule has 22 heavy (non-hydrogen) atoms. The van der Waals surface area contributed by atoms with Crippen LogP contribution in [0.25, 0.3) is 0 Å². The fourth-order valence-electron chi connectivity index (χ4n) is 1.54. The molecule has 0 spiro atoms. The summed E-state index contributed by atoms with van der Waals surface area (Å²) in [6.07, 6.45) is 6.14. The zero-order valence-electron chi connectivity index (χ0n) is 14.5. The highest BCUT2D eigenvalue weighted by molar-refractivity contribution is 6.03. The molecule has 0 bridgehead atoms. The fraction of sp³-hybridized carbons (Fsp3) is 0.706. The lowest BCUT2D eigenvalue weighted by atomic mass is 10.1. The molecule has 0 aliphatic carbocycles. The lowest BCUT2D eigenvalue weighted by molar-refractivity contribution is -0.153. The quantitative estimate of drug-likeness (QED) is 0.334. The van der Waals surface area contributed by atoms with Gasteiger partial charge in [0.15, 0.2) is 0 Å². The third-order valence-corrected chi connectivity index (χ3v) is 2.20. The van der Waals surface area contributed by atoms with E-state index in [1.54, 1.807) is 41.5 Å². The van der Waals surface area contributed by atoms with Crippen molar-refractivity contribution in [1.29, 1.82) is 0 Å². The van der Waals surface area contributed by atoms with Crippen molar-refractivity contribution in [3.63, 3.8) is 0 Å². The SMILES string of the molecule is C#CCCCC(CC(=O)OC(C)(C)C)=NC(=O)OC(C)(C)C. The summed E-state index contributed by atoms with van der Waals surface area (Å²) in [5, 5.41) is 0. The Morgan fingerprint density at radius 1 is 1.05 bits per heavy atom. The molecule has 0 unspecified atom stereocenters. The fourth-order valence-corrected chi connectivity index (χ4v) is 1.54. The first-order valence-electron chi connectivity index (χ1n) is 7.37. The van der Waals surface area contributed by atoms with E-state index in [2.05, 4.69) is 10.9 Å². The minimum Gasteiger partial charge on any atom is -0.460 e. The molecule has 0 aliphatic rings. The van der Waals surface area contributed by atoms with Crippen molar-refractivity contribution in [2.75, 3.05) is 0 Å². The molecule has 124 valence electrons. The molecule has 5 nitrogen and oxygen atoms in total. The molecule has 0 atom stereocenters. The van der Waals surface area contributed by atoms with Gasteiger partial charge in [-0.05, 0) is 54.4 Å². The van der Waals surface area contributed by atoms with Gasteiger partial charge >= 0.3 is 12.1 Å². The highest BCUT2D eigenvalue weighted by Gasteiger charge is 2.20. The smallest absolute Gasteiger partial charge is 0.434 e. The van der Waals surface area contributed by atoms with Crippen LogP contribution in [0.3, 0.4) is 0 Å². The van der Waals surface area contributed by atoms with Crippen molar-refractivity contribution in [2.45, 2.75) is 78.4 Å². The zero-order valence-corrected chi connectivity index (χ0v) is 14.5. The Morgan fingerprint density at radius 2 is 1.59 bits per heavy atom. The van der Waals surface area contributed by atoms with Gasteiger partial charge in [-0.1, -0.05) is 0 Å². The number of unbranched alkanes of at least 4 members (excludes halogenated alkanes) is 1. The summed E-state index contributed by atoms with van der Waals surface area (Å²) >= 11 is 0. The van der Waals surface area contributed by atoms with Crippen molar-refractivity contribution in [1.82, 2.24) is 0 Å². The minimum atomic E-state index is -0.702. The minimum absolute atomic E-state index is 0.0406.